The molecule has 3 rings (SSSR count). The number of nitrogens with one attached hydrogen (secondary N) is 2. The maximum absolute atomic E-state index is 12.7. The molecule has 0 unspecified atom stereocenters. The predicted molar refractivity (Wildman–Crippen MR) is 90.0 cm³/mol. The van der Waals surface area contributed by atoms with E-state index in [1.807, 2.05) is 12.1 Å². The molecule has 1 amide bonds. The van der Waals surface area contributed by atoms with Gasteiger partial charge in [0, 0.05) is 12.8 Å². The lowest BCUT2D eigenvalue weighted by Crippen LogP contribution is -2.57. The van der Waals surface area contributed by atoms with Crippen LogP contribution in [0.3, 0.4) is 0 Å². The van der Waals surface area contributed by atoms with Crippen LogP contribution in [0, 0.1) is 5.92 Å². The highest BCUT2D eigenvalue weighted by Crippen LogP contribution is 2.29. The van der Waals surface area contributed by atoms with Gasteiger partial charge in [-0.2, -0.15) is 0 Å². The number of hydrogen-bond acceptors (Lipinski definition) is 4. The highest BCUT2D eigenvalue weighted by atomic mass is 32.2. The Balaban J connectivity index is 1.65. The first-order chi connectivity index (χ1) is 10.9. The van der Waals surface area contributed by atoms with Crippen LogP contribution >= 0.6 is 0 Å². The van der Waals surface area contributed by atoms with Gasteiger partial charge in [0.25, 0.3) is 0 Å². The molecule has 1 aliphatic heterocycles. The van der Waals surface area contributed by atoms with Crippen molar-refractivity contribution in [3.05, 3.63) is 35.4 Å². The van der Waals surface area contributed by atoms with Crippen LogP contribution in [0.5, 0.6) is 0 Å². The van der Waals surface area contributed by atoms with Crippen molar-refractivity contribution >= 4 is 15.7 Å². The van der Waals surface area contributed by atoms with Gasteiger partial charge in [0.2, 0.25) is 5.91 Å². The maximum Gasteiger partial charge on any atom is 0.241 e. The molecule has 2 N–H and O–H groups in total. The lowest BCUT2D eigenvalue weighted by atomic mass is 9.95. The standard InChI is InChI=1S/C17H24N2O3S/c1-23(21,22)17(6-8-18-9-7-17)16(20)19-12-13-10-14-4-2-3-5-15(14)11-13/h2-5,13,18H,6-12H2,1H3,(H,19,20). The third-order valence-electron chi connectivity index (χ3n) is 5.22. The van der Waals surface area contributed by atoms with Gasteiger partial charge in [0.1, 0.15) is 0 Å². The summed E-state index contributed by atoms with van der Waals surface area (Å²) in [5.41, 5.74) is 2.68. The fraction of sp³-hybridized carbons (Fsp3) is 0.588. The van der Waals surface area contributed by atoms with Crippen molar-refractivity contribution in [1.29, 1.82) is 0 Å². The molecule has 2 aliphatic rings. The zero-order valence-corrected chi connectivity index (χ0v) is 14.3. The van der Waals surface area contributed by atoms with E-state index in [1.165, 1.54) is 17.4 Å². The summed E-state index contributed by atoms with van der Waals surface area (Å²) >= 11 is 0. The normalized spacial score (nSPS) is 20.9. The lowest BCUT2D eigenvalue weighted by Gasteiger charge is -2.34. The Hall–Kier alpha value is -1.40. The molecule has 0 spiro atoms. The largest absolute Gasteiger partial charge is 0.354 e. The molecule has 23 heavy (non-hydrogen) atoms. The van der Waals surface area contributed by atoms with Gasteiger partial charge >= 0.3 is 0 Å². The van der Waals surface area contributed by atoms with Crippen molar-refractivity contribution in [3.63, 3.8) is 0 Å². The minimum Gasteiger partial charge on any atom is -0.354 e. The molecular formula is C17H24N2O3S. The third-order valence-corrected chi connectivity index (χ3v) is 7.23. The molecule has 5 nitrogen and oxygen atoms in total. The monoisotopic (exact) mass is 336 g/mol. The molecular weight excluding hydrogens is 312 g/mol. The SMILES string of the molecule is CS(=O)(=O)C1(C(=O)NCC2Cc3ccccc3C2)CCNCC1. The summed E-state index contributed by atoms with van der Waals surface area (Å²) in [7, 11) is -3.44. The summed E-state index contributed by atoms with van der Waals surface area (Å²) in [5, 5.41) is 6.06. The van der Waals surface area contributed by atoms with Crippen molar-refractivity contribution in [2.24, 2.45) is 5.92 Å². The fourth-order valence-corrected chi connectivity index (χ4v) is 5.14. The highest BCUT2D eigenvalue weighted by molar-refractivity contribution is 7.92. The van der Waals surface area contributed by atoms with Gasteiger partial charge in [-0.1, -0.05) is 24.3 Å². The fourth-order valence-electron chi connectivity index (χ4n) is 3.79. The molecule has 0 atom stereocenters. The summed E-state index contributed by atoms with van der Waals surface area (Å²) in [4.78, 5) is 12.7. The lowest BCUT2D eigenvalue weighted by molar-refractivity contribution is -0.124. The van der Waals surface area contributed by atoms with Gasteiger partial charge in [0.15, 0.2) is 14.6 Å². The van der Waals surface area contributed by atoms with Crippen LogP contribution in [-0.2, 0) is 27.5 Å². The molecule has 0 bridgehead atoms. The second-order valence-corrected chi connectivity index (χ2v) is 9.10. The topological polar surface area (TPSA) is 75.3 Å². The third kappa shape index (κ3) is 3.15. The molecule has 0 saturated carbocycles. The summed E-state index contributed by atoms with van der Waals surface area (Å²) in [6.07, 6.45) is 3.78. The van der Waals surface area contributed by atoms with Gasteiger partial charge in [-0.25, -0.2) is 8.42 Å². The first kappa shape index (κ1) is 16.5. The van der Waals surface area contributed by atoms with E-state index in [0.717, 1.165) is 12.8 Å². The van der Waals surface area contributed by atoms with Gasteiger partial charge in [-0.15, -0.1) is 0 Å². The second kappa shape index (κ2) is 6.24. The molecule has 1 aromatic carbocycles. The van der Waals surface area contributed by atoms with Crippen LogP contribution in [-0.4, -0.2) is 45.0 Å². The number of amides is 1. The number of sulfone groups is 1. The van der Waals surface area contributed by atoms with E-state index in [9.17, 15) is 13.2 Å². The van der Waals surface area contributed by atoms with Gasteiger partial charge in [-0.3, -0.25) is 4.79 Å². The van der Waals surface area contributed by atoms with Crippen LogP contribution in [0.25, 0.3) is 0 Å². The van der Waals surface area contributed by atoms with Crippen LogP contribution in [0.2, 0.25) is 0 Å². The van der Waals surface area contributed by atoms with E-state index in [4.69, 9.17) is 0 Å². The Morgan fingerprint density at radius 1 is 1.22 bits per heavy atom. The minimum atomic E-state index is -3.44. The summed E-state index contributed by atoms with van der Waals surface area (Å²) in [6.45, 7) is 1.67. The Labute approximate surface area is 137 Å². The quantitative estimate of drug-likeness (QED) is 0.848. The Kier molecular flexibility index (Phi) is 4.47. The Morgan fingerprint density at radius 2 is 1.78 bits per heavy atom. The first-order valence-corrected chi connectivity index (χ1v) is 10.1. The summed E-state index contributed by atoms with van der Waals surface area (Å²) < 4.78 is 23.2. The molecule has 1 fully saturated rings. The van der Waals surface area contributed by atoms with Crippen molar-refractivity contribution in [1.82, 2.24) is 10.6 Å². The van der Waals surface area contributed by atoms with Crippen LogP contribution < -0.4 is 10.6 Å². The second-order valence-electron chi connectivity index (χ2n) is 6.77. The van der Waals surface area contributed by atoms with Gasteiger partial charge in [-0.05, 0) is 55.8 Å². The summed E-state index contributed by atoms with van der Waals surface area (Å²) in [6, 6.07) is 8.32. The molecule has 0 aromatic heterocycles. The molecule has 1 aromatic rings. The number of carbonyl (C=O) groups is 1. The molecule has 1 saturated heterocycles. The minimum absolute atomic E-state index is 0.322. The molecule has 126 valence electrons. The van der Waals surface area contributed by atoms with E-state index in [-0.39, 0.29) is 5.91 Å². The molecule has 0 radical (unpaired) electrons. The van der Waals surface area contributed by atoms with E-state index in [0.29, 0.717) is 38.4 Å². The zero-order valence-electron chi connectivity index (χ0n) is 13.5. The van der Waals surface area contributed by atoms with Crippen molar-refractivity contribution in [3.8, 4) is 0 Å². The molecule has 1 aliphatic carbocycles. The van der Waals surface area contributed by atoms with Crippen LogP contribution in [0.4, 0.5) is 0 Å². The number of piperidine rings is 1. The average Bonchev–Trinajstić information content (AvgIpc) is 2.95. The number of rotatable bonds is 4. The van der Waals surface area contributed by atoms with E-state index in [2.05, 4.69) is 22.8 Å². The Bertz CT molecular complexity index is 669. The summed E-state index contributed by atoms with van der Waals surface area (Å²) in [5.74, 6) is 0.0344. The number of carbonyl (C=O) groups excluding carboxylic acids is 1. The first-order valence-electron chi connectivity index (χ1n) is 8.18. The smallest absolute Gasteiger partial charge is 0.241 e. The van der Waals surface area contributed by atoms with Crippen molar-refractivity contribution < 1.29 is 13.2 Å². The highest BCUT2D eigenvalue weighted by Gasteiger charge is 2.48. The Morgan fingerprint density at radius 3 is 2.30 bits per heavy atom. The van der Waals surface area contributed by atoms with Crippen molar-refractivity contribution in [2.45, 2.75) is 30.4 Å². The maximum atomic E-state index is 12.7. The zero-order chi connectivity index (χ0) is 16.5. The molecule has 6 heteroatoms. The van der Waals surface area contributed by atoms with E-state index < -0.39 is 14.6 Å². The van der Waals surface area contributed by atoms with Crippen LogP contribution in [0.1, 0.15) is 24.0 Å². The average molecular weight is 336 g/mol. The number of fused-ring (bicyclic) bond motifs is 1. The predicted octanol–water partition coefficient (Wildman–Crippen LogP) is 0.684. The number of benzene rings is 1. The molecule has 1 heterocycles. The van der Waals surface area contributed by atoms with E-state index in [1.54, 1.807) is 0 Å². The van der Waals surface area contributed by atoms with Crippen molar-refractivity contribution in [2.75, 3.05) is 25.9 Å². The van der Waals surface area contributed by atoms with E-state index >= 15 is 0 Å². The van der Waals surface area contributed by atoms with Crippen LogP contribution in [0.15, 0.2) is 24.3 Å². The van der Waals surface area contributed by atoms with Gasteiger partial charge in [0.05, 0.1) is 0 Å². The van der Waals surface area contributed by atoms with Gasteiger partial charge < -0.3 is 10.6 Å². The number of hydrogen-bond donors (Lipinski definition) is 2.